The number of carbonyl (C=O) groups excluding carboxylic acids is 2. The number of alkyl carbamates (subject to hydrolysis) is 1. The zero-order valence-electron chi connectivity index (χ0n) is 10.8. The van der Waals surface area contributed by atoms with Gasteiger partial charge in [0.2, 0.25) is 0 Å². The van der Waals surface area contributed by atoms with Gasteiger partial charge in [0, 0.05) is 6.54 Å². The van der Waals surface area contributed by atoms with Crippen LogP contribution in [0, 0.1) is 0 Å². The molecule has 1 rings (SSSR count). The minimum atomic E-state index is -0.521. The van der Waals surface area contributed by atoms with Crippen LogP contribution in [0.5, 0.6) is 0 Å². The van der Waals surface area contributed by atoms with Crippen LogP contribution in [0.1, 0.15) is 22.8 Å². The van der Waals surface area contributed by atoms with Gasteiger partial charge < -0.3 is 14.8 Å². The van der Waals surface area contributed by atoms with E-state index in [4.69, 9.17) is 9.47 Å². The molecular weight excluding hydrogens is 246 g/mol. The predicted molar refractivity (Wildman–Crippen MR) is 71.8 cm³/mol. The number of amides is 1. The predicted octanol–water partition coefficient (Wildman–Crippen LogP) is 2.23. The van der Waals surface area contributed by atoms with Crippen molar-refractivity contribution in [3.8, 4) is 0 Å². The van der Waals surface area contributed by atoms with Crippen LogP contribution in [0.3, 0.4) is 0 Å². The van der Waals surface area contributed by atoms with E-state index in [1.807, 2.05) is 6.07 Å². The van der Waals surface area contributed by atoms with E-state index >= 15 is 0 Å². The van der Waals surface area contributed by atoms with E-state index in [2.05, 4.69) is 11.9 Å². The summed E-state index contributed by atoms with van der Waals surface area (Å²) < 4.78 is 9.75. The lowest BCUT2D eigenvalue weighted by atomic mass is 10.1. The van der Waals surface area contributed by atoms with Gasteiger partial charge in [0.05, 0.1) is 5.56 Å². The Hall–Kier alpha value is -2.30. The third-order valence-corrected chi connectivity index (χ3v) is 2.23. The molecule has 1 aromatic rings. The second-order valence-electron chi connectivity index (χ2n) is 3.63. The number of rotatable bonds is 6. The molecule has 5 heteroatoms. The molecule has 0 aromatic heterocycles. The van der Waals surface area contributed by atoms with Gasteiger partial charge in [-0.05, 0) is 24.6 Å². The molecule has 0 aliphatic carbocycles. The van der Waals surface area contributed by atoms with Gasteiger partial charge in [0.25, 0.3) is 0 Å². The lowest BCUT2D eigenvalue weighted by Crippen LogP contribution is -2.25. The highest BCUT2D eigenvalue weighted by atomic mass is 16.6. The molecule has 0 unspecified atom stereocenters. The number of ether oxygens (including phenoxy) is 2. The lowest BCUT2D eigenvalue weighted by Gasteiger charge is -2.07. The Morgan fingerprint density at radius 2 is 2.05 bits per heavy atom. The van der Waals surface area contributed by atoms with Crippen LogP contribution < -0.4 is 5.32 Å². The van der Waals surface area contributed by atoms with Crippen molar-refractivity contribution >= 4 is 18.1 Å². The molecule has 0 aliphatic rings. The van der Waals surface area contributed by atoms with Crippen molar-refractivity contribution in [2.24, 2.45) is 0 Å². The molecule has 1 N–H and O–H groups in total. The van der Waals surface area contributed by atoms with Gasteiger partial charge in [-0.25, -0.2) is 9.59 Å². The lowest BCUT2D eigenvalue weighted by molar-refractivity contribution is 0.0401. The number of carbonyl (C=O) groups is 2. The van der Waals surface area contributed by atoms with E-state index in [1.165, 1.54) is 0 Å². The van der Waals surface area contributed by atoms with Gasteiger partial charge in [-0.2, -0.15) is 0 Å². The van der Waals surface area contributed by atoms with E-state index in [-0.39, 0.29) is 13.2 Å². The molecule has 1 amide bonds. The molecule has 1 aromatic carbocycles. The maximum atomic E-state index is 11.7. The highest BCUT2D eigenvalue weighted by Gasteiger charge is 2.07. The van der Waals surface area contributed by atoms with Gasteiger partial charge in [-0.15, -0.1) is 0 Å². The fourth-order valence-corrected chi connectivity index (χ4v) is 1.34. The number of nitrogens with one attached hydrogen (secondary N) is 1. The van der Waals surface area contributed by atoms with Crippen molar-refractivity contribution in [1.82, 2.24) is 5.32 Å². The molecule has 102 valence electrons. The topological polar surface area (TPSA) is 64.6 Å². The van der Waals surface area contributed by atoms with Crippen molar-refractivity contribution in [2.45, 2.75) is 6.92 Å². The fourth-order valence-electron chi connectivity index (χ4n) is 1.34. The van der Waals surface area contributed by atoms with Crippen molar-refractivity contribution in [3.63, 3.8) is 0 Å². The summed E-state index contributed by atoms with van der Waals surface area (Å²) in [5.41, 5.74) is 1.28. The normalized spacial score (nSPS) is 9.53. The van der Waals surface area contributed by atoms with Crippen LogP contribution >= 0.6 is 0 Å². The maximum Gasteiger partial charge on any atom is 0.407 e. The number of hydrogen-bond donors (Lipinski definition) is 1. The van der Waals surface area contributed by atoms with E-state index in [0.717, 1.165) is 5.56 Å². The van der Waals surface area contributed by atoms with Crippen LogP contribution in [0.15, 0.2) is 30.8 Å². The monoisotopic (exact) mass is 263 g/mol. The van der Waals surface area contributed by atoms with E-state index in [9.17, 15) is 9.59 Å². The zero-order valence-corrected chi connectivity index (χ0v) is 10.8. The van der Waals surface area contributed by atoms with Crippen molar-refractivity contribution in [1.29, 1.82) is 0 Å². The molecule has 0 spiro atoms. The first-order chi connectivity index (χ1) is 9.17. The highest BCUT2D eigenvalue weighted by Crippen LogP contribution is 2.07. The molecule has 0 atom stereocenters. The molecule has 0 bridgehead atoms. The Morgan fingerprint density at radius 3 is 2.74 bits per heavy atom. The number of benzene rings is 1. The standard InChI is InChI=1S/C14H17NO4/c1-3-11-6-5-7-12(10-11)13(16)18-8-9-19-14(17)15-4-2/h3,5-7,10H,1,4,8-9H2,2H3,(H,15,17). The van der Waals surface area contributed by atoms with Crippen molar-refractivity contribution in [3.05, 3.63) is 42.0 Å². The summed E-state index contributed by atoms with van der Waals surface area (Å²) >= 11 is 0. The Morgan fingerprint density at radius 1 is 1.32 bits per heavy atom. The third kappa shape index (κ3) is 5.25. The van der Waals surface area contributed by atoms with Crippen molar-refractivity contribution in [2.75, 3.05) is 19.8 Å². The average molecular weight is 263 g/mol. The van der Waals surface area contributed by atoms with E-state index in [1.54, 1.807) is 31.2 Å². The zero-order chi connectivity index (χ0) is 14.1. The summed E-state index contributed by atoms with van der Waals surface area (Å²) in [6.07, 6.45) is 1.13. The summed E-state index contributed by atoms with van der Waals surface area (Å²) in [5.74, 6) is -0.455. The first-order valence-corrected chi connectivity index (χ1v) is 5.97. The highest BCUT2D eigenvalue weighted by molar-refractivity contribution is 5.90. The smallest absolute Gasteiger partial charge is 0.407 e. The van der Waals surface area contributed by atoms with Gasteiger partial charge in [0.1, 0.15) is 13.2 Å². The fraction of sp³-hybridized carbons (Fsp3) is 0.286. The molecule has 19 heavy (non-hydrogen) atoms. The van der Waals surface area contributed by atoms with Crippen LogP contribution in [0.25, 0.3) is 6.08 Å². The first kappa shape index (κ1) is 14.8. The van der Waals surface area contributed by atoms with Gasteiger partial charge in [-0.3, -0.25) is 0 Å². The first-order valence-electron chi connectivity index (χ1n) is 5.97. The van der Waals surface area contributed by atoms with Crippen LogP contribution in [0.2, 0.25) is 0 Å². The molecule has 5 nitrogen and oxygen atoms in total. The molecular formula is C14H17NO4. The van der Waals surface area contributed by atoms with Gasteiger partial charge in [0.15, 0.2) is 0 Å². The third-order valence-electron chi connectivity index (χ3n) is 2.23. The Kier molecular flexibility index (Phi) is 6.15. The van der Waals surface area contributed by atoms with Gasteiger partial charge in [-0.1, -0.05) is 24.8 Å². The summed E-state index contributed by atoms with van der Waals surface area (Å²) in [4.78, 5) is 22.6. The van der Waals surface area contributed by atoms with Gasteiger partial charge >= 0.3 is 12.1 Å². The van der Waals surface area contributed by atoms with Crippen molar-refractivity contribution < 1.29 is 19.1 Å². The summed E-state index contributed by atoms with van der Waals surface area (Å²) in [5, 5.41) is 2.47. The second kappa shape index (κ2) is 7.92. The summed E-state index contributed by atoms with van der Waals surface area (Å²) in [6.45, 7) is 5.95. The summed E-state index contributed by atoms with van der Waals surface area (Å²) in [6, 6.07) is 6.92. The average Bonchev–Trinajstić information content (AvgIpc) is 2.43. The molecule has 0 saturated carbocycles. The Bertz CT molecular complexity index is 457. The van der Waals surface area contributed by atoms with Crippen LogP contribution in [-0.2, 0) is 9.47 Å². The molecule has 0 saturated heterocycles. The van der Waals surface area contributed by atoms with E-state index in [0.29, 0.717) is 12.1 Å². The second-order valence-corrected chi connectivity index (χ2v) is 3.63. The number of hydrogen-bond acceptors (Lipinski definition) is 4. The van der Waals surface area contributed by atoms with E-state index < -0.39 is 12.1 Å². The molecule has 0 radical (unpaired) electrons. The molecule has 0 aliphatic heterocycles. The SMILES string of the molecule is C=Cc1cccc(C(=O)OCCOC(=O)NCC)c1. The minimum Gasteiger partial charge on any atom is -0.458 e. The molecule has 0 fully saturated rings. The quantitative estimate of drug-likeness (QED) is 0.631. The largest absolute Gasteiger partial charge is 0.458 e. The Balaban J connectivity index is 2.35. The molecule has 0 heterocycles. The minimum absolute atomic E-state index is 0.0221. The number of esters is 1. The van der Waals surface area contributed by atoms with Crippen LogP contribution in [-0.4, -0.2) is 31.8 Å². The maximum absolute atomic E-state index is 11.7. The Labute approximate surface area is 112 Å². The van der Waals surface area contributed by atoms with Crippen LogP contribution in [0.4, 0.5) is 4.79 Å². The summed E-state index contributed by atoms with van der Waals surface area (Å²) in [7, 11) is 0.